The van der Waals surface area contributed by atoms with Gasteiger partial charge in [0.2, 0.25) is 0 Å². The predicted molar refractivity (Wildman–Crippen MR) is 70.4 cm³/mol. The van der Waals surface area contributed by atoms with Crippen molar-refractivity contribution in [1.29, 1.82) is 0 Å². The average Bonchev–Trinajstić information content (AvgIpc) is 2.87. The number of aryl methyl sites for hydroxylation is 2. The molecule has 96 valence electrons. The number of amides is 1. The molecule has 0 saturated heterocycles. The van der Waals surface area contributed by atoms with Gasteiger partial charge in [0.1, 0.15) is 0 Å². The Bertz CT molecular complexity index is 574. The first-order valence-electron chi connectivity index (χ1n) is 5.46. The second-order valence-corrected chi connectivity index (χ2v) is 5.19. The van der Waals surface area contributed by atoms with Crippen LogP contribution in [-0.4, -0.2) is 33.0 Å². The number of anilines is 1. The van der Waals surface area contributed by atoms with Crippen LogP contribution in [0.15, 0.2) is 5.38 Å². The highest BCUT2D eigenvalue weighted by Gasteiger charge is 2.19. The molecule has 0 bridgehead atoms. The van der Waals surface area contributed by atoms with Gasteiger partial charge in [-0.1, -0.05) is 0 Å². The van der Waals surface area contributed by atoms with Crippen LogP contribution in [0.4, 0.5) is 5.69 Å². The Balaban J connectivity index is 2.12. The van der Waals surface area contributed by atoms with E-state index in [1.54, 1.807) is 30.2 Å². The zero-order valence-electron chi connectivity index (χ0n) is 10.5. The number of carbonyl (C=O) groups excluding carboxylic acids is 1. The fourth-order valence-electron chi connectivity index (χ4n) is 1.58. The molecule has 2 heterocycles. The topological polar surface area (TPSA) is 87.9 Å². The normalized spacial score (nSPS) is 10.6. The Hall–Kier alpha value is -1.89. The highest BCUT2D eigenvalue weighted by atomic mass is 32.1. The summed E-state index contributed by atoms with van der Waals surface area (Å²) < 4.78 is 0. The molecule has 7 heteroatoms. The molecule has 2 aromatic heterocycles. The highest BCUT2D eigenvalue weighted by molar-refractivity contribution is 7.09. The number of nitrogen functional groups attached to an aromatic ring is 1. The Morgan fingerprint density at radius 3 is 2.78 bits per heavy atom. The minimum absolute atomic E-state index is 0.206. The predicted octanol–water partition coefficient (Wildman–Crippen LogP) is 1.34. The lowest BCUT2D eigenvalue weighted by atomic mass is 10.3. The van der Waals surface area contributed by atoms with Crippen molar-refractivity contribution >= 4 is 22.9 Å². The lowest BCUT2D eigenvalue weighted by Crippen LogP contribution is -2.27. The molecule has 0 spiro atoms. The van der Waals surface area contributed by atoms with Crippen molar-refractivity contribution in [3.05, 3.63) is 27.5 Å². The third kappa shape index (κ3) is 2.35. The maximum Gasteiger partial charge on any atom is 0.276 e. The van der Waals surface area contributed by atoms with Crippen molar-refractivity contribution in [3.63, 3.8) is 0 Å². The molecule has 0 aliphatic rings. The van der Waals surface area contributed by atoms with Gasteiger partial charge in [-0.15, -0.1) is 11.3 Å². The molecule has 2 rings (SSSR count). The first kappa shape index (κ1) is 12.6. The molecule has 6 nitrogen and oxygen atoms in total. The molecule has 2 aromatic rings. The summed E-state index contributed by atoms with van der Waals surface area (Å²) in [4.78, 5) is 18.0. The van der Waals surface area contributed by atoms with E-state index in [2.05, 4.69) is 15.2 Å². The minimum atomic E-state index is -0.206. The molecule has 0 unspecified atom stereocenters. The second kappa shape index (κ2) is 4.77. The van der Waals surface area contributed by atoms with Gasteiger partial charge < -0.3 is 10.6 Å². The number of nitrogens with one attached hydrogen (secondary N) is 1. The van der Waals surface area contributed by atoms with Gasteiger partial charge in [0.05, 0.1) is 28.6 Å². The average molecular weight is 265 g/mol. The molecule has 3 N–H and O–H groups in total. The number of hydrogen-bond donors (Lipinski definition) is 2. The molecule has 0 atom stereocenters. The summed E-state index contributed by atoms with van der Waals surface area (Å²) >= 11 is 1.57. The monoisotopic (exact) mass is 265 g/mol. The van der Waals surface area contributed by atoms with E-state index in [1.165, 1.54) is 0 Å². The molecule has 0 radical (unpaired) electrons. The van der Waals surface area contributed by atoms with Crippen molar-refractivity contribution in [2.75, 3.05) is 12.8 Å². The Morgan fingerprint density at radius 1 is 1.56 bits per heavy atom. The molecular formula is C11H15N5OS. The van der Waals surface area contributed by atoms with E-state index in [-0.39, 0.29) is 11.6 Å². The summed E-state index contributed by atoms with van der Waals surface area (Å²) in [7, 11) is 1.71. The molecule has 0 fully saturated rings. The van der Waals surface area contributed by atoms with Gasteiger partial charge in [0.25, 0.3) is 5.91 Å². The Kier molecular flexibility index (Phi) is 3.33. The van der Waals surface area contributed by atoms with Crippen LogP contribution in [0.2, 0.25) is 0 Å². The molecule has 0 aliphatic heterocycles. The van der Waals surface area contributed by atoms with Gasteiger partial charge in [0.15, 0.2) is 5.69 Å². The summed E-state index contributed by atoms with van der Waals surface area (Å²) in [6, 6.07) is 0. The van der Waals surface area contributed by atoms with E-state index >= 15 is 0 Å². The van der Waals surface area contributed by atoms with Crippen molar-refractivity contribution in [3.8, 4) is 0 Å². The summed E-state index contributed by atoms with van der Waals surface area (Å²) in [5.41, 5.74) is 8.03. The zero-order chi connectivity index (χ0) is 13.3. The first-order valence-corrected chi connectivity index (χ1v) is 6.34. The van der Waals surface area contributed by atoms with E-state index in [0.29, 0.717) is 17.9 Å². The molecular weight excluding hydrogens is 250 g/mol. The van der Waals surface area contributed by atoms with Crippen LogP contribution >= 0.6 is 11.3 Å². The lowest BCUT2D eigenvalue weighted by Gasteiger charge is -2.14. The lowest BCUT2D eigenvalue weighted by molar-refractivity contribution is 0.0779. The van der Waals surface area contributed by atoms with E-state index < -0.39 is 0 Å². The fraction of sp³-hybridized carbons (Fsp3) is 0.364. The quantitative estimate of drug-likeness (QED) is 0.876. The maximum atomic E-state index is 12.1. The summed E-state index contributed by atoms with van der Waals surface area (Å²) in [5, 5.41) is 9.56. The van der Waals surface area contributed by atoms with Crippen LogP contribution in [0, 0.1) is 13.8 Å². The van der Waals surface area contributed by atoms with Gasteiger partial charge in [-0.05, 0) is 13.8 Å². The fourth-order valence-corrected chi connectivity index (χ4v) is 2.18. The van der Waals surface area contributed by atoms with Crippen molar-refractivity contribution in [2.24, 2.45) is 0 Å². The first-order chi connectivity index (χ1) is 8.49. The van der Waals surface area contributed by atoms with Crippen molar-refractivity contribution in [2.45, 2.75) is 20.4 Å². The molecule has 18 heavy (non-hydrogen) atoms. The highest BCUT2D eigenvalue weighted by Crippen LogP contribution is 2.16. The van der Waals surface area contributed by atoms with Crippen LogP contribution in [-0.2, 0) is 6.54 Å². The van der Waals surface area contributed by atoms with Crippen LogP contribution in [0.5, 0.6) is 0 Å². The van der Waals surface area contributed by atoms with Gasteiger partial charge in [-0.2, -0.15) is 5.10 Å². The maximum absolute atomic E-state index is 12.1. The largest absolute Gasteiger partial charge is 0.395 e. The number of hydrogen-bond acceptors (Lipinski definition) is 5. The summed E-state index contributed by atoms with van der Waals surface area (Å²) in [5.74, 6) is -0.206. The van der Waals surface area contributed by atoms with Gasteiger partial charge in [-0.3, -0.25) is 9.89 Å². The van der Waals surface area contributed by atoms with Crippen molar-refractivity contribution < 1.29 is 4.79 Å². The minimum Gasteiger partial charge on any atom is -0.395 e. The van der Waals surface area contributed by atoms with Gasteiger partial charge in [-0.25, -0.2) is 4.98 Å². The smallest absolute Gasteiger partial charge is 0.276 e. The van der Waals surface area contributed by atoms with Crippen LogP contribution in [0.25, 0.3) is 0 Å². The van der Waals surface area contributed by atoms with Gasteiger partial charge in [0, 0.05) is 12.4 Å². The standard InChI is InChI=1S/C11H15N5OS/c1-6-9(12)10(15-14-6)11(17)16(3)4-8-5-18-7(2)13-8/h5H,4,12H2,1-3H3,(H,14,15). The van der Waals surface area contributed by atoms with E-state index in [1.807, 2.05) is 12.3 Å². The number of nitrogens with two attached hydrogens (primary N) is 1. The number of thiazole rings is 1. The number of rotatable bonds is 3. The van der Waals surface area contributed by atoms with Crippen LogP contribution in [0.1, 0.15) is 26.9 Å². The molecule has 1 amide bonds. The number of H-pyrrole nitrogens is 1. The zero-order valence-corrected chi connectivity index (χ0v) is 11.3. The second-order valence-electron chi connectivity index (χ2n) is 4.13. The van der Waals surface area contributed by atoms with Crippen molar-refractivity contribution in [1.82, 2.24) is 20.1 Å². The number of nitrogens with zero attached hydrogens (tertiary/aromatic N) is 3. The van der Waals surface area contributed by atoms with Gasteiger partial charge >= 0.3 is 0 Å². The SMILES string of the molecule is Cc1nc(CN(C)C(=O)c2n[nH]c(C)c2N)cs1. The van der Waals surface area contributed by atoms with Crippen LogP contribution in [0.3, 0.4) is 0 Å². The number of carbonyl (C=O) groups is 1. The van der Waals surface area contributed by atoms with E-state index in [9.17, 15) is 4.79 Å². The third-order valence-electron chi connectivity index (χ3n) is 2.61. The number of aromatic nitrogens is 3. The Labute approximate surface area is 109 Å². The van der Waals surface area contributed by atoms with E-state index in [0.717, 1.165) is 10.7 Å². The number of aromatic amines is 1. The summed E-state index contributed by atoms with van der Waals surface area (Å²) in [6.07, 6.45) is 0. The molecule has 0 aliphatic carbocycles. The van der Waals surface area contributed by atoms with E-state index in [4.69, 9.17) is 5.73 Å². The Morgan fingerprint density at radius 2 is 2.28 bits per heavy atom. The molecule has 0 aromatic carbocycles. The van der Waals surface area contributed by atoms with Crippen LogP contribution < -0.4 is 5.73 Å². The third-order valence-corrected chi connectivity index (χ3v) is 3.43. The molecule has 0 saturated carbocycles. The summed E-state index contributed by atoms with van der Waals surface area (Å²) in [6.45, 7) is 4.17.